The Morgan fingerprint density at radius 2 is 2.14 bits per heavy atom. The van der Waals surface area contributed by atoms with E-state index in [-0.39, 0.29) is 11.8 Å². The first-order chi connectivity index (χ1) is 6.70. The largest absolute Gasteiger partial charge is 0.480 e. The van der Waals surface area contributed by atoms with Crippen LogP contribution in [0.4, 0.5) is 0 Å². The quantitative estimate of drug-likeness (QED) is 0.663. The standard InChI is InChI=1S/C9H13NO4/c11-8(6-2-4-14-5-6)10-3-1-7(10)9(12)13/h6-7H,1-5H2,(H,12,13). The van der Waals surface area contributed by atoms with Gasteiger partial charge in [-0.1, -0.05) is 0 Å². The number of carbonyl (C=O) groups is 2. The van der Waals surface area contributed by atoms with Crippen molar-refractivity contribution in [3.05, 3.63) is 0 Å². The number of carboxylic acid groups (broad SMARTS) is 1. The number of hydrogen-bond acceptors (Lipinski definition) is 3. The van der Waals surface area contributed by atoms with Crippen molar-refractivity contribution in [2.24, 2.45) is 5.92 Å². The number of carboxylic acids is 1. The van der Waals surface area contributed by atoms with Crippen LogP contribution in [0.3, 0.4) is 0 Å². The molecule has 0 aromatic heterocycles. The average Bonchev–Trinajstić information content (AvgIpc) is 2.51. The Balaban J connectivity index is 1.94. The fraction of sp³-hybridized carbons (Fsp3) is 0.778. The Hall–Kier alpha value is -1.10. The van der Waals surface area contributed by atoms with Gasteiger partial charge in [-0.3, -0.25) is 4.79 Å². The molecule has 2 rings (SSSR count). The van der Waals surface area contributed by atoms with Crippen LogP contribution in [0.5, 0.6) is 0 Å². The third kappa shape index (κ3) is 1.48. The van der Waals surface area contributed by atoms with E-state index in [1.165, 1.54) is 4.90 Å². The zero-order valence-corrected chi connectivity index (χ0v) is 7.81. The maximum atomic E-state index is 11.7. The second kappa shape index (κ2) is 3.57. The molecule has 2 aliphatic rings. The predicted molar refractivity (Wildman–Crippen MR) is 46.7 cm³/mol. The first-order valence-corrected chi connectivity index (χ1v) is 4.81. The van der Waals surface area contributed by atoms with Crippen LogP contribution in [0.15, 0.2) is 0 Å². The maximum absolute atomic E-state index is 11.7. The molecule has 0 bridgehead atoms. The monoisotopic (exact) mass is 199 g/mol. The summed E-state index contributed by atoms with van der Waals surface area (Å²) >= 11 is 0. The van der Waals surface area contributed by atoms with Gasteiger partial charge in [-0.2, -0.15) is 0 Å². The van der Waals surface area contributed by atoms with E-state index in [9.17, 15) is 9.59 Å². The molecule has 2 aliphatic heterocycles. The third-order valence-corrected chi connectivity index (χ3v) is 2.87. The van der Waals surface area contributed by atoms with Crippen LogP contribution in [0, 0.1) is 5.92 Å². The van der Waals surface area contributed by atoms with Crippen LogP contribution in [-0.2, 0) is 14.3 Å². The van der Waals surface area contributed by atoms with Gasteiger partial charge in [0.2, 0.25) is 5.91 Å². The summed E-state index contributed by atoms with van der Waals surface area (Å²) < 4.78 is 5.10. The van der Waals surface area contributed by atoms with Gasteiger partial charge < -0.3 is 14.7 Å². The summed E-state index contributed by atoms with van der Waals surface area (Å²) in [7, 11) is 0. The SMILES string of the molecule is O=C(O)C1CCN1C(=O)C1CCOC1. The lowest BCUT2D eigenvalue weighted by molar-refractivity contribution is -0.159. The smallest absolute Gasteiger partial charge is 0.326 e. The van der Waals surface area contributed by atoms with Gasteiger partial charge in [0.25, 0.3) is 0 Å². The van der Waals surface area contributed by atoms with Gasteiger partial charge in [-0.15, -0.1) is 0 Å². The summed E-state index contributed by atoms with van der Waals surface area (Å²) in [4.78, 5) is 23.9. The van der Waals surface area contributed by atoms with Crippen LogP contribution < -0.4 is 0 Å². The molecule has 2 atom stereocenters. The fourth-order valence-electron chi connectivity index (χ4n) is 1.87. The third-order valence-electron chi connectivity index (χ3n) is 2.87. The van der Waals surface area contributed by atoms with Crippen LogP contribution >= 0.6 is 0 Å². The number of rotatable bonds is 2. The Bertz CT molecular complexity index is 260. The molecule has 0 aliphatic carbocycles. The van der Waals surface area contributed by atoms with Crippen molar-refractivity contribution in [3.8, 4) is 0 Å². The van der Waals surface area contributed by atoms with Crippen molar-refractivity contribution < 1.29 is 19.4 Å². The summed E-state index contributed by atoms with van der Waals surface area (Å²) in [5, 5.41) is 8.77. The summed E-state index contributed by atoms with van der Waals surface area (Å²) in [6.07, 6.45) is 1.30. The highest BCUT2D eigenvalue weighted by atomic mass is 16.5. The number of ether oxygens (including phenoxy) is 1. The normalized spacial score (nSPS) is 31.3. The summed E-state index contributed by atoms with van der Waals surface area (Å²) in [6.45, 7) is 1.63. The number of likely N-dealkylation sites (tertiary alicyclic amines) is 1. The number of nitrogens with zero attached hydrogens (tertiary/aromatic N) is 1. The van der Waals surface area contributed by atoms with Gasteiger partial charge >= 0.3 is 5.97 Å². The summed E-state index contributed by atoms with van der Waals surface area (Å²) in [5.41, 5.74) is 0. The molecule has 5 heteroatoms. The second-order valence-electron chi connectivity index (χ2n) is 3.73. The van der Waals surface area contributed by atoms with E-state index < -0.39 is 12.0 Å². The van der Waals surface area contributed by atoms with Crippen molar-refractivity contribution in [2.45, 2.75) is 18.9 Å². The zero-order chi connectivity index (χ0) is 10.1. The van der Waals surface area contributed by atoms with E-state index in [1.54, 1.807) is 0 Å². The first kappa shape index (κ1) is 9.45. The van der Waals surface area contributed by atoms with Gasteiger partial charge in [-0.05, 0) is 12.8 Å². The molecule has 0 aromatic carbocycles. The van der Waals surface area contributed by atoms with Gasteiger partial charge in [0.05, 0.1) is 12.5 Å². The number of aliphatic carboxylic acids is 1. The van der Waals surface area contributed by atoms with E-state index >= 15 is 0 Å². The molecular weight excluding hydrogens is 186 g/mol. The zero-order valence-electron chi connectivity index (χ0n) is 7.81. The molecule has 5 nitrogen and oxygen atoms in total. The van der Waals surface area contributed by atoms with Gasteiger partial charge in [-0.25, -0.2) is 4.79 Å². The fourth-order valence-corrected chi connectivity index (χ4v) is 1.87. The van der Waals surface area contributed by atoms with E-state index in [0.29, 0.717) is 26.2 Å². The molecule has 0 saturated carbocycles. The molecule has 2 unspecified atom stereocenters. The van der Waals surface area contributed by atoms with E-state index in [2.05, 4.69) is 0 Å². The lowest BCUT2D eigenvalue weighted by Crippen LogP contribution is -2.56. The molecule has 2 heterocycles. The van der Waals surface area contributed by atoms with E-state index in [4.69, 9.17) is 9.84 Å². The molecule has 2 saturated heterocycles. The van der Waals surface area contributed by atoms with Crippen LogP contribution in [0.1, 0.15) is 12.8 Å². The van der Waals surface area contributed by atoms with Crippen molar-refractivity contribution in [1.82, 2.24) is 4.90 Å². The predicted octanol–water partition coefficient (Wildman–Crippen LogP) is -0.292. The molecule has 78 valence electrons. The van der Waals surface area contributed by atoms with Crippen LogP contribution in [0.25, 0.3) is 0 Å². The van der Waals surface area contributed by atoms with Crippen LogP contribution in [-0.4, -0.2) is 47.7 Å². The molecule has 1 amide bonds. The van der Waals surface area contributed by atoms with Gasteiger partial charge in [0.1, 0.15) is 6.04 Å². The van der Waals surface area contributed by atoms with Crippen molar-refractivity contribution in [3.63, 3.8) is 0 Å². The Labute approximate surface area is 81.6 Å². The molecule has 0 spiro atoms. The molecule has 14 heavy (non-hydrogen) atoms. The minimum Gasteiger partial charge on any atom is -0.480 e. The lowest BCUT2D eigenvalue weighted by Gasteiger charge is -2.39. The minimum atomic E-state index is -0.900. The van der Waals surface area contributed by atoms with Crippen molar-refractivity contribution >= 4 is 11.9 Å². The molecular formula is C9H13NO4. The first-order valence-electron chi connectivity index (χ1n) is 4.81. The number of carbonyl (C=O) groups excluding carboxylic acids is 1. The molecule has 1 N–H and O–H groups in total. The summed E-state index contributed by atoms with van der Waals surface area (Å²) in [5.74, 6) is -1.07. The summed E-state index contributed by atoms with van der Waals surface area (Å²) in [6, 6.07) is -0.594. The maximum Gasteiger partial charge on any atom is 0.326 e. The lowest BCUT2D eigenvalue weighted by atomic mass is 9.98. The Morgan fingerprint density at radius 3 is 2.57 bits per heavy atom. The van der Waals surface area contributed by atoms with Gasteiger partial charge in [0, 0.05) is 13.2 Å². The van der Waals surface area contributed by atoms with Crippen LogP contribution in [0.2, 0.25) is 0 Å². The highest BCUT2D eigenvalue weighted by molar-refractivity contribution is 5.86. The van der Waals surface area contributed by atoms with E-state index in [0.717, 1.165) is 6.42 Å². The molecule has 0 aromatic rings. The Kier molecular flexibility index (Phi) is 2.41. The molecule has 0 radical (unpaired) electrons. The minimum absolute atomic E-state index is 0.0545. The molecule has 2 fully saturated rings. The van der Waals surface area contributed by atoms with E-state index in [1.807, 2.05) is 0 Å². The van der Waals surface area contributed by atoms with Gasteiger partial charge in [0.15, 0.2) is 0 Å². The average molecular weight is 199 g/mol. The van der Waals surface area contributed by atoms with Crippen molar-refractivity contribution in [2.75, 3.05) is 19.8 Å². The topological polar surface area (TPSA) is 66.8 Å². The highest BCUT2D eigenvalue weighted by Crippen LogP contribution is 2.23. The Morgan fingerprint density at radius 1 is 1.36 bits per heavy atom. The number of amides is 1. The highest BCUT2D eigenvalue weighted by Gasteiger charge is 2.40. The van der Waals surface area contributed by atoms with Crippen molar-refractivity contribution in [1.29, 1.82) is 0 Å². The number of hydrogen-bond donors (Lipinski definition) is 1. The second-order valence-corrected chi connectivity index (χ2v) is 3.73.